The van der Waals surface area contributed by atoms with Crippen molar-refractivity contribution in [3.63, 3.8) is 0 Å². The summed E-state index contributed by atoms with van der Waals surface area (Å²) in [5.74, 6) is 1.29. The summed E-state index contributed by atoms with van der Waals surface area (Å²) in [4.78, 5) is 24.1. The Balaban J connectivity index is 1.66. The predicted molar refractivity (Wildman–Crippen MR) is 140 cm³/mol. The van der Waals surface area contributed by atoms with Crippen molar-refractivity contribution in [3.05, 3.63) is 78.1 Å². The highest BCUT2D eigenvalue weighted by Gasteiger charge is 2.20. The summed E-state index contributed by atoms with van der Waals surface area (Å²) < 4.78 is 8.03. The summed E-state index contributed by atoms with van der Waals surface area (Å²) in [5.41, 5.74) is 2.43. The predicted octanol–water partition coefficient (Wildman–Crippen LogP) is 5.84. The molecule has 1 heterocycles. The summed E-state index contributed by atoms with van der Waals surface area (Å²) >= 11 is 1.28. The fraction of sp³-hybridized carbons (Fsp3) is 0.333. The lowest BCUT2D eigenvalue weighted by molar-refractivity contribution is -0.113. The minimum absolute atomic E-state index is 0.0537. The van der Waals surface area contributed by atoms with Crippen LogP contribution in [0.1, 0.15) is 62.5 Å². The number of rotatable bonds is 10. The Hall–Kier alpha value is -3.39. The van der Waals surface area contributed by atoms with Gasteiger partial charge in [0.15, 0.2) is 22.9 Å². The normalized spacial score (nSPS) is 12.1. The lowest BCUT2D eigenvalue weighted by Crippen LogP contribution is -2.16. The number of carbonyl (C=O) groups excluding carboxylic acids is 2. The number of benzene rings is 2. The number of amides is 1. The van der Waals surface area contributed by atoms with Crippen LogP contribution in [-0.4, -0.2) is 32.2 Å². The molecule has 0 radical (unpaired) electrons. The molecule has 184 valence electrons. The van der Waals surface area contributed by atoms with E-state index in [4.69, 9.17) is 4.74 Å². The summed E-state index contributed by atoms with van der Waals surface area (Å²) in [7, 11) is 0. The van der Waals surface area contributed by atoms with Crippen LogP contribution in [-0.2, 0) is 16.8 Å². The van der Waals surface area contributed by atoms with Gasteiger partial charge in [-0.05, 0) is 49.1 Å². The Morgan fingerprint density at radius 1 is 1.17 bits per heavy atom. The number of Topliss-reactive ketones (excluding diaryl/α,β-unsaturated/α-hetero) is 1. The van der Waals surface area contributed by atoms with Crippen molar-refractivity contribution in [2.24, 2.45) is 0 Å². The summed E-state index contributed by atoms with van der Waals surface area (Å²) in [5, 5.41) is 12.0. The van der Waals surface area contributed by atoms with Crippen molar-refractivity contribution in [3.8, 4) is 5.75 Å². The molecule has 0 aliphatic rings. The Labute approximate surface area is 211 Å². The van der Waals surface area contributed by atoms with Crippen LogP contribution in [0.5, 0.6) is 5.75 Å². The van der Waals surface area contributed by atoms with E-state index in [-0.39, 0.29) is 29.0 Å². The SMILES string of the molecule is C=CCn1c(SCC(=O)Nc2cccc(C(C)=O)c2)nnc1C(C)Oc1ccc(C(C)(C)C)cc1. The minimum Gasteiger partial charge on any atom is -0.483 e. The quantitative estimate of drug-likeness (QED) is 0.218. The average molecular weight is 493 g/mol. The third kappa shape index (κ3) is 7.05. The number of ketones is 1. The molecule has 0 saturated heterocycles. The lowest BCUT2D eigenvalue weighted by atomic mass is 9.87. The van der Waals surface area contributed by atoms with Crippen LogP contribution in [0.15, 0.2) is 66.3 Å². The van der Waals surface area contributed by atoms with Gasteiger partial charge in [0.05, 0.1) is 5.75 Å². The molecule has 8 heteroatoms. The molecule has 0 spiro atoms. The zero-order chi connectivity index (χ0) is 25.6. The first-order chi connectivity index (χ1) is 16.6. The number of hydrogen-bond donors (Lipinski definition) is 1. The minimum atomic E-state index is -0.347. The summed E-state index contributed by atoms with van der Waals surface area (Å²) in [6.45, 7) is 14.3. The zero-order valence-corrected chi connectivity index (χ0v) is 21.7. The van der Waals surface area contributed by atoms with Gasteiger partial charge in [-0.25, -0.2) is 0 Å². The van der Waals surface area contributed by atoms with E-state index in [9.17, 15) is 9.59 Å². The van der Waals surface area contributed by atoms with Gasteiger partial charge < -0.3 is 10.1 Å². The fourth-order valence-corrected chi connectivity index (χ4v) is 4.20. The van der Waals surface area contributed by atoms with Crippen molar-refractivity contribution in [2.75, 3.05) is 11.1 Å². The molecule has 0 aliphatic carbocycles. The van der Waals surface area contributed by atoms with Crippen LogP contribution < -0.4 is 10.1 Å². The molecule has 1 amide bonds. The molecular formula is C27H32N4O3S. The third-order valence-corrected chi connectivity index (χ3v) is 6.31. The third-order valence-electron chi connectivity index (χ3n) is 5.34. The van der Waals surface area contributed by atoms with Crippen LogP contribution in [0.25, 0.3) is 0 Å². The maximum atomic E-state index is 12.5. The molecule has 3 rings (SSSR count). The number of nitrogens with one attached hydrogen (secondary N) is 1. The van der Waals surface area contributed by atoms with E-state index < -0.39 is 0 Å². The van der Waals surface area contributed by atoms with Crippen molar-refractivity contribution in [1.29, 1.82) is 0 Å². The Kier molecular flexibility index (Phi) is 8.51. The molecule has 35 heavy (non-hydrogen) atoms. The largest absolute Gasteiger partial charge is 0.483 e. The molecule has 1 N–H and O–H groups in total. The number of ether oxygens (including phenoxy) is 1. The first kappa shape index (κ1) is 26.2. The van der Waals surface area contributed by atoms with E-state index in [0.29, 0.717) is 28.8 Å². The van der Waals surface area contributed by atoms with Crippen molar-refractivity contribution < 1.29 is 14.3 Å². The van der Waals surface area contributed by atoms with Crippen LogP contribution >= 0.6 is 11.8 Å². The van der Waals surface area contributed by atoms with E-state index in [1.807, 2.05) is 23.6 Å². The highest BCUT2D eigenvalue weighted by Crippen LogP contribution is 2.28. The molecule has 3 aromatic rings. The number of hydrogen-bond acceptors (Lipinski definition) is 6. The molecule has 0 fully saturated rings. The molecule has 1 unspecified atom stereocenters. The molecule has 0 aliphatic heterocycles. The highest BCUT2D eigenvalue weighted by atomic mass is 32.2. The molecule has 2 aromatic carbocycles. The average Bonchev–Trinajstić information content (AvgIpc) is 3.20. The number of nitrogens with zero attached hydrogens (tertiary/aromatic N) is 3. The molecule has 1 atom stereocenters. The molecule has 0 saturated carbocycles. The maximum Gasteiger partial charge on any atom is 0.234 e. The van der Waals surface area contributed by atoms with E-state index in [1.165, 1.54) is 24.2 Å². The fourth-order valence-electron chi connectivity index (χ4n) is 3.44. The maximum absolute atomic E-state index is 12.5. The van der Waals surface area contributed by atoms with E-state index >= 15 is 0 Å². The number of thioether (sulfide) groups is 1. The topological polar surface area (TPSA) is 86.1 Å². The van der Waals surface area contributed by atoms with E-state index in [1.54, 1.807) is 30.3 Å². The molecule has 0 bridgehead atoms. The second-order valence-electron chi connectivity index (χ2n) is 9.25. The van der Waals surface area contributed by atoms with Crippen LogP contribution in [0.3, 0.4) is 0 Å². The van der Waals surface area contributed by atoms with Gasteiger partial charge in [0.2, 0.25) is 5.91 Å². The van der Waals surface area contributed by atoms with E-state index in [0.717, 1.165) is 5.75 Å². The van der Waals surface area contributed by atoms with Gasteiger partial charge in [0, 0.05) is 17.8 Å². The summed E-state index contributed by atoms with van der Waals surface area (Å²) in [6, 6.07) is 14.9. The van der Waals surface area contributed by atoms with E-state index in [2.05, 4.69) is 55.0 Å². The van der Waals surface area contributed by atoms with Gasteiger partial charge in [-0.3, -0.25) is 14.2 Å². The monoisotopic (exact) mass is 492 g/mol. The first-order valence-corrected chi connectivity index (χ1v) is 12.4. The first-order valence-electron chi connectivity index (χ1n) is 11.4. The van der Waals surface area contributed by atoms with Crippen LogP contribution in [0, 0.1) is 0 Å². The van der Waals surface area contributed by atoms with Gasteiger partial charge in [-0.15, -0.1) is 16.8 Å². The number of anilines is 1. The molecule has 1 aromatic heterocycles. The van der Waals surface area contributed by atoms with Crippen LogP contribution in [0.4, 0.5) is 5.69 Å². The molecular weight excluding hydrogens is 460 g/mol. The summed E-state index contributed by atoms with van der Waals surface area (Å²) in [6.07, 6.45) is 1.41. The van der Waals surface area contributed by atoms with Crippen molar-refractivity contribution >= 4 is 29.1 Å². The van der Waals surface area contributed by atoms with Gasteiger partial charge >= 0.3 is 0 Å². The smallest absolute Gasteiger partial charge is 0.234 e. The zero-order valence-electron chi connectivity index (χ0n) is 20.9. The molecule has 7 nitrogen and oxygen atoms in total. The lowest BCUT2D eigenvalue weighted by Gasteiger charge is -2.20. The van der Waals surface area contributed by atoms with Crippen LogP contribution in [0.2, 0.25) is 0 Å². The van der Waals surface area contributed by atoms with Crippen molar-refractivity contribution in [1.82, 2.24) is 14.8 Å². The van der Waals surface area contributed by atoms with Gasteiger partial charge in [0.1, 0.15) is 5.75 Å². The Morgan fingerprint density at radius 2 is 1.89 bits per heavy atom. The highest BCUT2D eigenvalue weighted by molar-refractivity contribution is 7.99. The number of carbonyl (C=O) groups is 2. The Bertz CT molecular complexity index is 1200. The second-order valence-corrected chi connectivity index (χ2v) is 10.2. The van der Waals surface area contributed by atoms with Gasteiger partial charge in [-0.2, -0.15) is 0 Å². The van der Waals surface area contributed by atoms with Gasteiger partial charge in [-0.1, -0.05) is 62.9 Å². The van der Waals surface area contributed by atoms with Gasteiger partial charge in [0.25, 0.3) is 0 Å². The second kappa shape index (κ2) is 11.4. The number of allylic oxidation sites excluding steroid dienone is 1. The van der Waals surface area contributed by atoms with Crippen molar-refractivity contribution in [2.45, 2.75) is 57.8 Å². The standard InChI is InChI=1S/C27H32N4O3S/c1-7-15-31-25(19(3)34-23-13-11-21(12-14-23)27(4,5)6)29-30-26(31)35-17-24(33)28-22-10-8-9-20(16-22)18(2)32/h7-14,16,19H,1,15,17H2,2-6H3,(H,28,33). The number of aromatic nitrogens is 3. The Morgan fingerprint density at radius 3 is 2.51 bits per heavy atom.